The Hall–Kier alpha value is -2.31. The second kappa shape index (κ2) is 7.26. The Balaban J connectivity index is 1.74. The number of carbonyl (C=O) groups excluding carboxylic acids is 2. The van der Waals surface area contributed by atoms with Crippen molar-refractivity contribution in [1.82, 2.24) is 15.8 Å². The fourth-order valence-corrected chi connectivity index (χ4v) is 3.57. The highest BCUT2D eigenvalue weighted by Crippen LogP contribution is 2.50. The number of anilines is 2. The maximum atomic E-state index is 14.3. The second-order valence-corrected chi connectivity index (χ2v) is 7.81. The van der Waals surface area contributed by atoms with Crippen molar-refractivity contribution in [2.24, 2.45) is 0 Å². The molecule has 0 radical (unpaired) electrons. The lowest BCUT2D eigenvalue weighted by atomic mass is 10.0. The van der Waals surface area contributed by atoms with Crippen LogP contribution in [0, 0.1) is 9.39 Å². The smallest absolute Gasteiger partial charge is 0.278 e. The highest BCUT2D eigenvalue weighted by atomic mass is 127. The number of halogens is 2. The number of pyridine rings is 1. The molecule has 2 aliphatic rings. The van der Waals surface area contributed by atoms with E-state index in [-0.39, 0.29) is 41.9 Å². The lowest BCUT2D eigenvalue weighted by molar-refractivity contribution is 0.0168. The maximum absolute atomic E-state index is 14.3. The monoisotopic (exact) mass is 498 g/mol. The second-order valence-electron chi connectivity index (χ2n) is 6.57. The summed E-state index contributed by atoms with van der Waals surface area (Å²) in [7, 11) is 0. The van der Waals surface area contributed by atoms with Gasteiger partial charge in [0.25, 0.3) is 11.8 Å². The van der Waals surface area contributed by atoms with E-state index in [0.717, 1.165) is 12.8 Å². The first kappa shape index (κ1) is 19.0. The van der Waals surface area contributed by atoms with Crippen LogP contribution in [0.15, 0.2) is 24.3 Å². The number of hydroxylamine groups is 1. The average Bonchev–Trinajstić information content (AvgIpc) is 3.38. The molecule has 4 N–H and O–H groups in total. The molecule has 1 fully saturated rings. The summed E-state index contributed by atoms with van der Waals surface area (Å²) in [5.74, 6) is -1.41. The number of hydrogen-bond donors (Lipinski definition) is 4. The summed E-state index contributed by atoms with van der Waals surface area (Å²) in [5.41, 5.74) is 2.86. The number of fused-ring (bicyclic) bond motifs is 2. The van der Waals surface area contributed by atoms with E-state index in [1.807, 2.05) is 22.6 Å². The standard InChI is InChI=1S/C18H16FIN4O4/c19-12-7-9(20)1-2-13(12)21-15-10(16(26)24-28-6-5-25)8-11-14(22-15)17(27)23-18(11)3-4-18/h1-2,7-8,25H,3-6H2,(H,21,22)(H,23,27)(H,24,26). The Morgan fingerprint density at radius 3 is 2.86 bits per heavy atom. The number of nitrogens with one attached hydrogen (secondary N) is 3. The van der Waals surface area contributed by atoms with Crippen molar-refractivity contribution in [3.8, 4) is 0 Å². The summed E-state index contributed by atoms with van der Waals surface area (Å²) < 4.78 is 15.0. The maximum Gasteiger partial charge on any atom is 0.278 e. The number of aliphatic hydroxyl groups is 1. The molecule has 1 aromatic heterocycles. The van der Waals surface area contributed by atoms with Crippen molar-refractivity contribution in [3.63, 3.8) is 0 Å². The van der Waals surface area contributed by atoms with E-state index in [2.05, 4.69) is 21.1 Å². The van der Waals surface area contributed by atoms with Gasteiger partial charge in [0.05, 0.1) is 30.0 Å². The van der Waals surface area contributed by atoms with Crippen molar-refractivity contribution >= 4 is 45.9 Å². The molecule has 10 heteroatoms. The highest BCUT2D eigenvalue weighted by molar-refractivity contribution is 14.1. The van der Waals surface area contributed by atoms with Gasteiger partial charge in [-0.3, -0.25) is 14.4 Å². The number of aliphatic hydroxyl groups excluding tert-OH is 1. The zero-order chi connectivity index (χ0) is 19.9. The predicted molar refractivity (Wildman–Crippen MR) is 106 cm³/mol. The van der Waals surface area contributed by atoms with Crippen LogP contribution in [-0.2, 0) is 10.4 Å². The molecule has 1 aliphatic heterocycles. The van der Waals surface area contributed by atoms with Crippen LogP contribution in [-0.4, -0.2) is 35.1 Å². The van der Waals surface area contributed by atoms with Crippen LogP contribution in [0.5, 0.6) is 0 Å². The average molecular weight is 498 g/mol. The third-order valence-corrected chi connectivity index (χ3v) is 5.31. The van der Waals surface area contributed by atoms with Crippen molar-refractivity contribution in [3.05, 3.63) is 50.5 Å². The number of benzene rings is 1. The Bertz CT molecular complexity index is 980. The molecule has 0 unspecified atom stereocenters. The van der Waals surface area contributed by atoms with Crippen LogP contribution in [0.2, 0.25) is 0 Å². The van der Waals surface area contributed by atoms with Gasteiger partial charge in [-0.15, -0.1) is 0 Å². The Morgan fingerprint density at radius 1 is 1.39 bits per heavy atom. The van der Waals surface area contributed by atoms with Gasteiger partial charge in [0, 0.05) is 9.13 Å². The number of carbonyl (C=O) groups is 2. The minimum absolute atomic E-state index is 0.0387. The van der Waals surface area contributed by atoms with Gasteiger partial charge in [0.15, 0.2) is 0 Å². The molecule has 0 saturated heterocycles. The fraction of sp³-hybridized carbons (Fsp3) is 0.278. The summed E-state index contributed by atoms with van der Waals surface area (Å²) in [4.78, 5) is 34.1. The molecule has 1 saturated carbocycles. The van der Waals surface area contributed by atoms with E-state index in [1.54, 1.807) is 12.1 Å². The van der Waals surface area contributed by atoms with Crippen LogP contribution in [0.1, 0.15) is 39.3 Å². The molecule has 1 aromatic carbocycles. The molecule has 0 bridgehead atoms. The van der Waals surface area contributed by atoms with Gasteiger partial charge in [-0.25, -0.2) is 14.9 Å². The zero-order valence-corrected chi connectivity index (χ0v) is 16.7. The number of nitrogens with zero attached hydrogens (tertiary/aromatic N) is 1. The van der Waals surface area contributed by atoms with Crippen molar-refractivity contribution in [2.75, 3.05) is 18.5 Å². The molecule has 2 heterocycles. The molecule has 146 valence electrons. The highest BCUT2D eigenvalue weighted by Gasteiger charge is 2.53. The molecule has 1 spiro atoms. The molecule has 8 nitrogen and oxygen atoms in total. The van der Waals surface area contributed by atoms with E-state index in [0.29, 0.717) is 9.13 Å². The lowest BCUT2D eigenvalue weighted by Gasteiger charge is -2.15. The summed E-state index contributed by atoms with van der Waals surface area (Å²) in [6.07, 6.45) is 1.54. The Labute approximate surface area is 173 Å². The molecule has 4 rings (SSSR count). The largest absolute Gasteiger partial charge is 0.394 e. The molecule has 1 aliphatic carbocycles. The molecule has 0 atom stereocenters. The third-order valence-electron chi connectivity index (χ3n) is 4.64. The van der Waals surface area contributed by atoms with E-state index in [1.165, 1.54) is 12.1 Å². The van der Waals surface area contributed by atoms with Crippen molar-refractivity contribution < 1.29 is 23.9 Å². The van der Waals surface area contributed by atoms with Gasteiger partial charge in [-0.2, -0.15) is 0 Å². The number of amides is 2. The Kier molecular flexibility index (Phi) is 4.93. The van der Waals surface area contributed by atoms with Crippen LogP contribution in [0.25, 0.3) is 0 Å². The zero-order valence-electron chi connectivity index (χ0n) is 14.5. The van der Waals surface area contributed by atoms with Crippen molar-refractivity contribution in [1.29, 1.82) is 0 Å². The predicted octanol–water partition coefficient (Wildman–Crippen LogP) is 1.96. The molecular formula is C18H16FIN4O4. The van der Waals surface area contributed by atoms with Gasteiger partial charge in [-0.1, -0.05) is 0 Å². The fourth-order valence-electron chi connectivity index (χ4n) is 3.12. The topological polar surface area (TPSA) is 113 Å². The first-order valence-electron chi connectivity index (χ1n) is 8.56. The van der Waals surface area contributed by atoms with E-state index < -0.39 is 17.3 Å². The normalized spacial score (nSPS) is 15.9. The van der Waals surface area contributed by atoms with Gasteiger partial charge in [-0.05, 0) is 59.7 Å². The summed E-state index contributed by atoms with van der Waals surface area (Å²) in [6.45, 7) is -0.341. The van der Waals surface area contributed by atoms with E-state index in [4.69, 9.17) is 9.94 Å². The number of aromatic nitrogens is 1. The van der Waals surface area contributed by atoms with E-state index in [9.17, 15) is 14.0 Å². The molecule has 2 aromatic rings. The third kappa shape index (κ3) is 3.42. The molecule has 28 heavy (non-hydrogen) atoms. The van der Waals surface area contributed by atoms with Crippen LogP contribution in [0.4, 0.5) is 15.9 Å². The van der Waals surface area contributed by atoms with Gasteiger partial charge < -0.3 is 15.7 Å². The summed E-state index contributed by atoms with van der Waals surface area (Å²) in [5, 5.41) is 14.5. The Morgan fingerprint density at radius 2 is 2.18 bits per heavy atom. The van der Waals surface area contributed by atoms with Crippen LogP contribution >= 0.6 is 22.6 Å². The minimum atomic E-state index is -0.618. The molecule has 2 amide bonds. The van der Waals surface area contributed by atoms with E-state index >= 15 is 0 Å². The molecular weight excluding hydrogens is 482 g/mol. The first-order chi connectivity index (χ1) is 13.4. The minimum Gasteiger partial charge on any atom is -0.394 e. The number of rotatable bonds is 6. The quantitative estimate of drug-likeness (QED) is 0.275. The van der Waals surface area contributed by atoms with Crippen molar-refractivity contribution in [2.45, 2.75) is 18.4 Å². The number of hydrogen-bond acceptors (Lipinski definition) is 6. The summed E-state index contributed by atoms with van der Waals surface area (Å²) >= 11 is 1.99. The van der Waals surface area contributed by atoms with Gasteiger partial charge in [0.1, 0.15) is 17.3 Å². The lowest BCUT2D eigenvalue weighted by Crippen LogP contribution is -2.27. The van der Waals surface area contributed by atoms with Crippen LogP contribution in [0.3, 0.4) is 0 Å². The van der Waals surface area contributed by atoms with Gasteiger partial charge >= 0.3 is 0 Å². The SMILES string of the molecule is O=C(NOCCO)c1cc2c(nc1Nc1ccc(I)cc1F)C(=O)NC21CC1. The van der Waals surface area contributed by atoms with Gasteiger partial charge in [0.2, 0.25) is 0 Å². The first-order valence-corrected chi connectivity index (χ1v) is 9.64. The van der Waals surface area contributed by atoms with Crippen LogP contribution < -0.4 is 16.1 Å². The summed E-state index contributed by atoms with van der Waals surface area (Å²) in [6, 6.07) is 6.15.